The Morgan fingerprint density at radius 3 is 2.57 bits per heavy atom. The van der Waals surface area contributed by atoms with Gasteiger partial charge < -0.3 is 0 Å². The topological polar surface area (TPSA) is 12.9 Å². The van der Waals surface area contributed by atoms with E-state index < -0.39 is 0 Å². The fraction of sp³-hybridized carbons (Fsp3) is 0.615. The number of aryl methyl sites for hydroxylation is 2. The Labute approximate surface area is 86.6 Å². The summed E-state index contributed by atoms with van der Waals surface area (Å²) in [6, 6.07) is 2.24. The van der Waals surface area contributed by atoms with E-state index in [0.29, 0.717) is 5.41 Å². The van der Waals surface area contributed by atoms with Crippen LogP contribution in [-0.4, -0.2) is 4.98 Å². The molecule has 1 fully saturated rings. The Morgan fingerprint density at radius 1 is 1.36 bits per heavy atom. The molecule has 0 atom stereocenters. The van der Waals surface area contributed by atoms with E-state index in [2.05, 4.69) is 31.8 Å². The molecule has 0 radical (unpaired) electrons. The number of rotatable bonds is 2. The predicted molar refractivity (Wildman–Crippen MR) is 59.4 cm³/mol. The van der Waals surface area contributed by atoms with E-state index in [1.165, 1.54) is 42.5 Å². The van der Waals surface area contributed by atoms with Crippen LogP contribution in [0.1, 0.15) is 43.0 Å². The zero-order valence-electron chi connectivity index (χ0n) is 9.43. The molecule has 1 aliphatic carbocycles. The molecule has 0 aliphatic heterocycles. The van der Waals surface area contributed by atoms with Crippen LogP contribution in [0.4, 0.5) is 0 Å². The van der Waals surface area contributed by atoms with Crippen molar-refractivity contribution in [3.63, 3.8) is 0 Å². The van der Waals surface area contributed by atoms with Crippen molar-refractivity contribution in [2.75, 3.05) is 0 Å². The van der Waals surface area contributed by atoms with Crippen LogP contribution in [0.15, 0.2) is 12.3 Å². The predicted octanol–water partition coefficient (Wildman–Crippen LogP) is 3.43. The Morgan fingerprint density at radius 2 is 2.07 bits per heavy atom. The van der Waals surface area contributed by atoms with Crippen LogP contribution in [-0.2, 0) is 6.42 Å². The first-order valence-corrected chi connectivity index (χ1v) is 5.51. The minimum absolute atomic E-state index is 0.549. The van der Waals surface area contributed by atoms with Crippen molar-refractivity contribution in [2.24, 2.45) is 5.41 Å². The maximum atomic E-state index is 4.54. The van der Waals surface area contributed by atoms with E-state index in [4.69, 9.17) is 0 Å². The molecular formula is C13H19N. The van der Waals surface area contributed by atoms with Gasteiger partial charge >= 0.3 is 0 Å². The summed E-state index contributed by atoms with van der Waals surface area (Å²) in [4.78, 5) is 4.54. The second-order valence-corrected chi connectivity index (χ2v) is 5.12. The minimum Gasteiger partial charge on any atom is -0.261 e. The summed E-state index contributed by atoms with van der Waals surface area (Å²) in [5.74, 6) is 0. The molecule has 1 aliphatic rings. The van der Waals surface area contributed by atoms with Gasteiger partial charge in [-0.3, -0.25) is 4.98 Å². The highest BCUT2D eigenvalue weighted by Crippen LogP contribution is 2.43. The van der Waals surface area contributed by atoms with Crippen LogP contribution in [0.5, 0.6) is 0 Å². The number of hydrogen-bond acceptors (Lipinski definition) is 1. The van der Waals surface area contributed by atoms with E-state index in [1.807, 2.05) is 6.20 Å². The highest BCUT2D eigenvalue weighted by molar-refractivity contribution is 5.24. The van der Waals surface area contributed by atoms with Crippen LogP contribution in [0.3, 0.4) is 0 Å². The average Bonchev–Trinajstić information content (AvgIpc) is 2.07. The molecule has 1 aromatic heterocycles. The van der Waals surface area contributed by atoms with Gasteiger partial charge in [-0.1, -0.05) is 19.4 Å². The summed E-state index contributed by atoms with van der Waals surface area (Å²) in [5.41, 5.74) is 4.48. The smallest absolute Gasteiger partial charge is 0.0438 e. The monoisotopic (exact) mass is 189 g/mol. The average molecular weight is 189 g/mol. The van der Waals surface area contributed by atoms with Crippen molar-refractivity contribution in [2.45, 2.75) is 46.5 Å². The molecule has 14 heavy (non-hydrogen) atoms. The Balaban J connectivity index is 2.16. The van der Waals surface area contributed by atoms with Crippen molar-refractivity contribution in [3.8, 4) is 0 Å². The molecule has 0 bridgehead atoms. The molecule has 0 aromatic carbocycles. The molecule has 0 spiro atoms. The van der Waals surface area contributed by atoms with Gasteiger partial charge in [0.25, 0.3) is 0 Å². The normalized spacial score (nSPS) is 19.1. The maximum absolute atomic E-state index is 4.54. The molecular weight excluding hydrogens is 170 g/mol. The third kappa shape index (κ3) is 1.82. The molecule has 76 valence electrons. The van der Waals surface area contributed by atoms with Crippen molar-refractivity contribution >= 4 is 0 Å². The molecule has 1 saturated carbocycles. The van der Waals surface area contributed by atoms with Crippen molar-refractivity contribution in [1.82, 2.24) is 4.98 Å². The molecule has 1 heterocycles. The summed E-state index contributed by atoms with van der Waals surface area (Å²) in [6.07, 6.45) is 7.31. The van der Waals surface area contributed by atoms with E-state index in [9.17, 15) is 0 Å². The summed E-state index contributed by atoms with van der Waals surface area (Å²) in [6.45, 7) is 6.67. The van der Waals surface area contributed by atoms with Gasteiger partial charge in [-0.25, -0.2) is 0 Å². The van der Waals surface area contributed by atoms with Gasteiger partial charge in [0.1, 0.15) is 0 Å². The Bertz CT molecular complexity index is 337. The van der Waals surface area contributed by atoms with Gasteiger partial charge in [-0.15, -0.1) is 0 Å². The Kier molecular flexibility index (Phi) is 2.34. The van der Waals surface area contributed by atoms with Gasteiger partial charge in [-0.05, 0) is 49.7 Å². The van der Waals surface area contributed by atoms with E-state index >= 15 is 0 Å². The van der Waals surface area contributed by atoms with E-state index in [1.54, 1.807) is 0 Å². The van der Waals surface area contributed by atoms with Crippen molar-refractivity contribution in [1.29, 1.82) is 0 Å². The summed E-state index contributed by atoms with van der Waals surface area (Å²) >= 11 is 0. The van der Waals surface area contributed by atoms with Gasteiger partial charge in [0, 0.05) is 11.9 Å². The third-order valence-corrected chi connectivity index (χ3v) is 3.48. The SMILES string of the molecule is Cc1cnc(CC2(C)CCC2)c(C)c1. The van der Waals surface area contributed by atoms with Crippen LogP contribution in [0.25, 0.3) is 0 Å². The third-order valence-electron chi connectivity index (χ3n) is 3.48. The standard InChI is InChI=1S/C13H19N/c1-10-7-11(2)12(14-9-10)8-13(3)5-4-6-13/h7,9H,4-6,8H2,1-3H3. The number of aromatic nitrogens is 1. The summed E-state index contributed by atoms with van der Waals surface area (Å²) < 4.78 is 0. The van der Waals surface area contributed by atoms with Crippen LogP contribution in [0.2, 0.25) is 0 Å². The fourth-order valence-electron chi connectivity index (χ4n) is 2.29. The molecule has 0 amide bonds. The first kappa shape index (κ1) is 9.70. The molecule has 0 saturated heterocycles. The fourth-order valence-corrected chi connectivity index (χ4v) is 2.29. The highest BCUT2D eigenvalue weighted by atomic mass is 14.7. The quantitative estimate of drug-likeness (QED) is 0.694. The molecule has 1 nitrogen and oxygen atoms in total. The van der Waals surface area contributed by atoms with Crippen LogP contribution in [0, 0.1) is 19.3 Å². The van der Waals surface area contributed by atoms with Crippen molar-refractivity contribution in [3.05, 3.63) is 29.1 Å². The van der Waals surface area contributed by atoms with Crippen LogP contribution >= 0.6 is 0 Å². The largest absolute Gasteiger partial charge is 0.261 e. The lowest BCUT2D eigenvalue weighted by atomic mass is 9.67. The van der Waals surface area contributed by atoms with Gasteiger partial charge in [-0.2, -0.15) is 0 Å². The molecule has 1 heteroatoms. The molecule has 0 N–H and O–H groups in total. The van der Waals surface area contributed by atoms with E-state index in [-0.39, 0.29) is 0 Å². The molecule has 0 unspecified atom stereocenters. The van der Waals surface area contributed by atoms with Crippen LogP contribution < -0.4 is 0 Å². The van der Waals surface area contributed by atoms with Crippen molar-refractivity contribution < 1.29 is 0 Å². The van der Waals surface area contributed by atoms with Gasteiger partial charge in [0.2, 0.25) is 0 Å². The summed E-state index contributed by atoms with van der Waals surface area (Å²) in [5, 5.41) is 0. The number of pyridine rings is 1. The maximum Gasteiger partial charge on any atom is 0.0438 e. The van der Waals surface area contributed by atoms with Gasteiger partial charge in [0.15, 0.2) is 0 Å². The second-order valence-electron chi connectivity index (χ2n) is 5.12. The number of nitrogens with zero attached hydrogens (tertiary/aromatic N) is 1. The lowest BCUT2D eigenvalue weighted by Gasteiger charge is -2.38. The zero-order chi connectivity index (χ0) is 10.2. The molecule has 2 rings (SSSR count). The Hall–Kier alpha value is -0.850. The van der Waals surface area contributed by atoms with Gasteiger partial charge in [0.05, 0.1) is 0 Å². The lowest BCUT2D eigenvalue weighted by Crippen LogP contribution is -2.28. The first-order valence-electron chi connectivity index (χ1n) is 5.51. The number of hydrogen-bond donors (Lipinski definition) is 0. The summed E-state index contributed by atoms with van der Waals surface area (Å²) in [7, 11) is 0. The first-order chi connectivity index (χ1) is 6.59. The minimum atomic E-state index is 0.549. The molecule has 1 aromatic rings. The highest BCUT2D eigenvalue weighted by Gasteiger charge is 2.32. The zero-order valence-corrected chi connectivity index (χ0v) is 9.43. The second kappa shape index (κ2) is 3.38. The lowest BCUT2D eigenvalue weighted by molar-refractivity contribution is 0.159. The van der Waals surface area contributed by atoms with E-state index in [0.717, 1.165) is 0 Å².